The second-order valence-electron chi connectivity index (χ2n) is 7.04. The molecule has 1 N–H and O–H groups in total. The summed E-state index contributed by atoms with van der Waals surface area (Å²) in [6.07, 6.45) is 2.05. The first-order chi connectivity index (χ1) is 13.1. The summed E-state index contributed by atoms with van der Waals surface area (Å²) in [5.41, 5.74) is 2.06. The number of carbonyl (C=O) groups excluding carboxylic acids is 2. The number of anilines is 1. The van der Waals surface area contributed by atoms with Crippen molar-refractivity contribution >= 4 is 17.5 Å². The summed E-state index contributed by atoms with van der Waals surface area (Å²) >= 11 is 0. The Morgan fingerprint density at radius 1 is 1.19 bits per heavy atom. The van der Waals surface area contributed by atoms with Gasteiger partial charge in [-0.15, -0.1) is 0 Å². The first-order valence-electron chi connectivity index (χ1n) is 9.35. The maximum Gasteiger partial charge on any atom is 0.227 e. The number of amides is 2. The molecule has 1 aliphatic heterocycles. The lowest BCUT2D eigenvalue weighted by Gasteiger charge is -2.19. The van der Waals surface area contributed by atoms with Gasteiger partial charge in [0.05, 0.1) is 13.0 Å². The minimum Gasteiger partial charge on any atom is -0.497 e. The van der Waals surface area contributed by atoms with E-state index in [4.69, 9.17) is 4.74 Å². The molecule has 2 aromatic carbocycles. The average Bonchev–Trinajstić information content (AvgIpc) is 3.09. The Morgan fingerprint density at radius 2 is 1.89 bits per heavy atom. The quantitative estimate of drug-likeness (QED) is 0.819. The third kappa shape index (κ3) is 4.88. The molecule has 2 aromatic rings. The molecule has 0 spiro atoms. The fourth-order valence-corrected chi connectivity index (χ4v) is 3.36. The first kappa shape index (κ1) is 19.0. The lowest BCUT2D eigenvalue weighted by atomic mass is 10.0. The van der Waals surface area contributed by atoms with Crippen LogP contribution in [-0.2, 0) is 16.0 Å². The van der Waals surface area contributed by atoms with Crippen LogP contribution in [0.15, 0.2) is 54.6 Å². The molecule has 0 radical (unpaired) electrons. The van der Waals surface area contributed by atoms with E-state index in [9.17, 15) is 9.59 Å². The van der Waals surface area contributed by atoms with Crippen LogP contribution >= 0.6 is 0 Å². The van der Waals surface area contributed by atoms with Gasteiger partial charge in [-0.1, -0.05) is 30.3 Å². The van der Waals surface area contributed by atoms with E-state index >= 15 is 0 Å². The Labute approximate surface area is 160 Å². The van der Waals surface area contributed by atoms with Gasteiger partial charge >= 0.3 is 0 Å². The predicted octanol–water partition coefficient (Wildman–Crippen LogP) is 3.19. The highest BCUT2D eigenvalue weighted by molar-refractivity contribution is 6.00. The van der Waals surface area contributed by atoms with Crippen molar-refractivity contribution in [2.24, 2.45) is 5.92 Å². The number of nitrogens with one attached hydrogen (secondary N) is 1. The molecule has 142 valence electrons. The maximum absolute atomic E-state index is 12.6. The van der Waals surface area contributed by atoms with Crippen LogP contribution in [0.2, 0.25) is 0 Å². The summed E-state index contributed by atoms with van der Waals surface area (Å²) in [5, 5.41) is 3.07. The lowest BCUT2D eigenvalue weighted by molar-refractivity contribution is -0.126. The molecule has 0 unspecified atom stereocenters. The summed E-state index contributed by atoms with van der Waals surface area (Å²) in [6, 6.07) is 17.6. The number of hydrogen-bond donors (Lipinski definition) is 1. The van der Waals surface area contributed by atoms with E-state index in [2.05, 4.69) is 17.4 Å². The molecule has 0 saturated carbocycles. The average molecular weight is 366 g/mol. The van der Waals surface area contributed by atoms with E-state index in [1.54, 1.807) is 12.0 Å². The highest BCUT2D eigenvalue weighted by atomic mass is 16.5. The van der Waals surface area contributed by atoms with Gasteiger partial charge in [-0.05, 0) is 49.6 Å². The van der Waals surface area contributed by atoms with Crippen LogP contribution in [0.3, 0.4) is 0 Å². The first-order valence-corrected chi connectivity index (χ1v) is 9.35. The summed E-state index contributed by atoms with van der Waals surface area (Å²) < 4.78 is 5.15. The van der Waals surface area contributed by atoms with Crippen molar-refractivity contribution in [1.82, 2.24) is 5.32 Å². The zero-order valence-electron chi connectivity index (χ0n) is 15.9. The summed E-state index contributed by atoms with van der Waals surface area (Å²) in [4.78, 5) is 26.6. The molecule has 0 aromatic heterocycles. The Morgan fingerprint density at radius 3 is 2.56 bits per heavy atom. The summed E-state index contributed by atoms with van der Waals surface area (Å²) in [6.45, 7) is 2.43. The zero-order chi connectivity index (χ0) is 19.2. The van der Waals surface area contributed by atoms with Crippen LogP contribution in [0.5, 0.6) is 5.75 Å². The maximum atomic E-state index is 12.6. The van der Waals surface area contributed by atoms with Gasteiger partial charge < -0.3 is 15.0 Å². The van der Waals surface area contributed by atoms with Crippen molar-refractivity contribution < 1.29 is 14.3 Å². The van der Waals surface area contributed by atoms with Crippen LogP contribution in [0.25, 0.3) is 0 Å². The molecule has 1 fully saturated rings. The monoisotopic (exact) mass is 366 g/mol. The molecular weight excluding hydrogens is 340 g/mol. The standard InChI is InChI=1S/C22H26N2O3/c1-16(8-9-17-6-4-3-5-7-17)23-22(26)18-14-21(25)24(15-18)19-10-12-20(27-2)13-11-19/h3-7,10-13,16,18H,8-9,14-15H2,1-2H3,(H,23,26)/t16-,18+/m1/s1. The van der Waals surface area contributed by atoms with Crippen LogP contribution in [0.4, 0.5) is 5.69 Å². The van der Waals surface area contributed by atoms with E-state index in [-0.39, 0.29) is 30.2 Å². The van der Waals surface area contributed by atoms with Crippen molar-refractivity contribution in [3.63, 3.8) is 0 Å². The Hall–Kier alpha value is -2.82. The molecule has 5 nitrogen and oxygen atoms in total. The molecule has 1 heterocycles. The van der Waals surface area contributed by atoms with Gasteiger partial charge in [-0.25, -0.2) is 0 Å². The van der Waals surface area contributed by atoms with Gasteiger partial charge in [0, 0.05) is 24.7 Å². The molecule has 1 saturated heterocycles. The van der Waals surface area contributed by atoms with Crippen molar-refractivity contribution in [3.05, 3.63) is 60.2 Å². The highest BCUT2D eigenvalue weighted by Crippen LogP contribution is 2.27. The van der Waals surface area contributed by atoms with Crippen molar-refractivity contribution in [3.8, 4) is 5.75 Å². The molecule has 2 amide bonds. The van der Waals surface area contributed by atoms with E-state index < -0.39 is 0 Å². The predicted molar refractivity (Wildman–Crippen MR) is 106 cm³/mol. The smallest absolute Gasteiger partial charge is 0.227 e. The second-order valence-corrected chi connectivity index (χ2v) is 7.04. The van der Waals surface area contributed by atoms with E-state index in [0.717, 1.165) is 24.3 Å². The minimum atomic E-state index is -0.307. The minimum absolute atomic E-state index is 0.0164. The molecule has 27 heavy (non-hydrogen) atoms. The van der Waals surface area contributed by atoms with Gasteiger partial charge in [0.25, 0.3) is 0 Å². The molecule has 5 heteroatoms. The number of aryl methyl sites for hydroxylation is 1. The number of nitrogens with zero attached hydrogens (tertiary/aromatic N) is 1. The molecular formula is C22H26N2O3. The zero-order valence-corrected chi connectivity index (χ0v) is 15.9. The Bertz CT molecular complexity index is 774. The Balaban J connectivity index is 1.52. The largest absolute Gasteiger partial charge is 0.497 e. The lowest BCUT2D eigenvalue weighted by Crippen LogP contribution is -2.38. The molecule has 3 rings (SSSR count). The fourth-order valence-electron chi connectivity index (χ4n) is 3.36. The van der Waals surface area contributed by atoms with Gasteiger partial charge in [0.1, 0.15) is 5.75 Å². The van der Waals surface area contributed by atoms with E-state index in [1.807, 2.05) is 49.4 Å². The van der Waals surface area contributed by atoms with Crippen LogP contribution in [0.1, 0.15) is 25.3 Å². The molecule has 0 aliphatic carbocycles. The Kier molecular flexibility index (Phi) is 6.12. The number of rotatable bonds is 7. The van der Waals surface area contributed by atoms with Gasteiger partial charge in [0.2, 0.25) is 11.8 Å². The van der Waals surface area contributed by atoms with Gasteiger partial charge in [-0.2, -0.15) is 0 Å². The van der Waals surface area contributed by atoms with Crippen LogP contribution in [-0.4, -0.2) is 31.5 Å². The third-order valence-electron chi connectivity index (χ3n) is 4.98. The van der Waals surface area contributed by atoms with Crippen LogP contribution < -0.4 is 15.0 Å². The highest BCUT2D eigenvalue weighted by Gasteiger charge is 2.35. The van der Waals surface area contributed by atoms with Gasteiger partial charge in [-0.3, -0.25) is 9.59 Å². The topological polar surface area (TPSA) is 58.6 Å². The number of hydrogen-bond acceptors (Lipinski definition) is 3. The van der Waals surface area contributed by atoms with E-state index in [0.29, 0.717) is 6.54 Å². The molecule has 2 atom stereocenters. The van der Waals surface area contributed by atoms with Crippen LogP contribution in [0, 0.1) is 5.92 Å². The summed E-state index contributed by atoms with van der Waals surface area (Å²) in [7, 11) is 1.61. The number of ether oxygens (including phenoxy) is 1. The summed E-state index contributed by atoms with van der Waals surface area (Å²) in [5.74, 6) is 0.378. The SMILES string of the molecule is COc1ccc(N2C[C@@H](C(=O)N[C@H](C)CCc3ccccc3)CC2=O)cc1. The van der Waals surface area contributed by atoms with Gasteiger partial charge in [0.15, 0.2) is 0 Å². The van der Waals surface area contributed by atoms with Crippen molar-refractivity contribution in [1.29, 1.82) is 0 Å². The second kappa shape index (κ2) is 8.71. The third-order valence-corrected chi connectivity index (χ3v) is 4.98. The van der Waals surface area contributed by atoms with E-state index in [1.165, 1.54) is 5.56 Å². The normalized spacial score (nSPS) is 17.6. The van der Waals surface area contributed by atoms with Crippen molar-refractivity contribution in [2.75, 3.05) is 18.6 Å². The number of benzene rings is 2. The fraction of sp³-hybridized carbons (Fsp3) is 0.364. The number of methoxy groups -OCH3 is 1. The molecule has 0 bridgehead atoms. The number of carbonyl (C=O) groups is 2. The molecule has 1 aliphatic rings. The van der Waals surface area contributed by atoms with Crippen molar-refractivity contribution in [2.45, 2.75) is 32.2 Å².